The minimum Gasteiger partial charge on any atom is -0.497 e. The van der Waals surface area contributed by atoms with Crippen LogP contribution in [0, 0.1) is 10.1 Å². The van der Waals surface area contributed by atoms with Gasteiger partial charge in [-0.1, -0.05) is 13.8 Å². The maximum Gasteiger partial charge on any atom is 0.293 e. The van der Waals surface area contributed by atoms with E-state index >= 15 is 0 Å². The fourth-order valence-electron chi connectivity index (χ4n) is 4.01. The summed E-state index contributed by atoms with van der Waals surface area (Å²) in [5.41, 5.74) is 3.44. The van der Waals surface area contributed by atoms with E-state index in [2.05, 4.69) is 24.1 Å². The molecule has 0 spiro atoms. The van der Waals surface area contributed by atoms with Crippen LogP contribution in [-0.4, -0.2) is 53.5 Å². The number of likely N-dealkylation sites (N-methyl/N-ethyl adjacent to an activating group) is 1. The van der Waals surface area contributed by atoms with Crippen molar-refractivity contribution in [3.05, 3.63) is 34.4 Å². The third kappa shape index (κ3) is 3.11. The number of ether oxygens (including phenoxy) is 2. The van der Waals surface area contributed by atoms with Crippen LogP contribution in [0.4, 0.5) is 17.1 Å². The van der Waals surface area contributed by atoms with Gasteiger partial charge in [-0.25, -0.2) is 0 Å². The lowest BCUT2D eigenvalue weighted by Gasteiger charge is -2.21. The van der Waals surface area contributed by atoms with E-state index in [0.717, 1.165) is 36.1 Å². The SMILES string of the molecule is CCN(CC)CCn1nc2c3c(c([N+](=O)[O-])ccc31)Nc1cc(OC)cc(OC)c1-2. The summed E-state index contributed by atoms with van der Waals surface area (Å²) in [7, 11) is 3.16. The number of nitro benzene ring substituents is 1. The number of fused-ring (bicyclic) bond motifs is 2. The molecule has 0 atom stereocenters. The minimum atomic E-state index is -0.374. The summed E-state index contributed by atoms with van der Waals surface area (Å²) >= 11 is 0. The van der Waals surface area contributed by atoms with E-state index in [-0.39, 0.29) is 10.6 Å². The van der Waals surface area contributed by atoms with Gasteiger partial charge in [-0.05, 0) is 19.2 Å². The van der Waals surface area contributed by atoms with Crippen molar-refractivity contribution in [2.45, 2.75) is 20.4 Å². The Balaban J connectivity index is 1.94. The number of methoxy groups -OCH3 is 2. The number of hydrogen-bond donors (Lipinski definition) is 1. The van der Waals surface area contributed by atoms with Crippen molar-refractivity contribution in [1.82, 2.24) is 14.7 Å². The molecule has 0 radical (unpaired) electrons. The molecular weight excluding hydrogens is 386 g/mol. The van der Waals surface area contributed by atoms with E-state index in [4.69, 9.17) is 14.6 Å². The Hall–Kier alpha value is -3.33. The van der Waals surface area contributed by atoms with E-state index in [1.165, 1.54) is 6.07 Å². The monoisotopic (exact) mass is 411 g/mol. The highest BCUT2D eigenvalue weighted by atomic mass is 16.6. The molecule has 1 aliphatic rings. The lowest BCUT2D eigenvalue weighted by molar-refractivity contribution is -0.383. The maximum atomic E-state index is 11.7. The molecule has 0 unspecified atom stereocenters. The van der Waals surface area contributed by atoms with Crippen LogP contribution >= 0.6 is 0 Å². The Bertz CT molecular complexity index is 1120. The molecular formula is C21H25N5O4. The summed E-state index contributed by atoms with van der Waals surface area (Å²) in [5, 5.41) is 20.5. The molecule has 4 rings (SSSR count). The Labute approximate surface area is 174 Å². The number of aromatic nitrogens is 2. The lowest BCUT2D eigenvalue weighted by atomic mass is 9.98. The van der Waals surface area contributed by atoms with Crippen LogP contribution in [-0.2, 0) is 6.54 Å². The lowest BCUT2D eigenvalue weighted by Crippen LogP contribution is -2.27. The Morgan fingerprint density at radius 3 is 2.60 bits per heavy atom. The fourth-order valence-corrected chi connectivity index (χ4v) is 4.01. The average Bonchev–Trinajstić information content (AvgIpc) is 3.13. The molecule has 0 saturated heterocycles. The molecule has 0 saturated carbocycles. The summed E-state index contributed by atoms with van der Waals surface area (Å²) in [4.78, 5) is 13.6. The molecule has 0 bridgehead atoms. The topological polar surface area (TPSA) is 94.7 Å². The van der Waals surface area contributed by atoms with E-state index < -0.39 is 0 Å². The minimum absolute atomic E-state index is 0.0134. The van der Waals surface area contributed by atoms with E-state index in [1.807, 2.05) is 4.68 Å². The predicted molar refractivity (Wildman–Crippen MR) is 116 cm³/mol. The van der Waals surface area contributed by atoms with Gasteiger partial charge in [0.15, 0.2) is 0 Å². The van der Waals surface area contributed by atoms with Crippen LogP contribution in [0.2, 0.25) is 0 Å². The molecule has 0 amide bonds. The zero-order chi connectivity index (χ0) is 21.4. The zero-order valence-electron chi connectivity index (χ0n) is 17.6. The summed E-state index contributed by atoms with van der Waals surface area (Å²) < 4.78 is 12.9. The summed E-state index contributed by atoms with van der Waals surface area (Å²) in [5.74, 6) is 1.20. The predicted octanol–water partition coefficient (Wildman–Crippen LogP) is 4.03. The van der Waals surface area contributed by atoms with Gasteiger partial charge in [-0.3, -0.25) is 14.8 Å². The van der Waals surface area contributed by atoms with Gasteiger partial charge in [-0.15, -0.1) is 0 Å². The standard InChI is InChI=1S/C21H25N5O4/c1-5-24(6-2)9-10-25-15-7-8-16(26(27)28)20-19(15)21(23-25)18-14(22-20)11-13(29-3)12-17(18)30-4/h7-8,11-12,22H,5-6,9-10H2,1-4H3. The first kappa shape index (κ1) is 20.0. The fraction of sp³-hybridized carbons (Fsp3) is 0.381. The van der Waals surface area contributed by atoms with E-state index in [9.17, 15) is 10.1 Å². The van der Waals surface area contributed by atoms with Crippen LogP contribution < -0.4 is 14.8 Å². The molecule has 30 heavy (non-hydrogen) atoms. The van der Waals surface area contributed by atoms with Crippen LogP contribution in [0.3, 0.4) is 0 Å². The van der Waals surface area contributed by atoms with Crippen molar-refractivity contribution >= 4 is 28.0 Å². The average molecular weight is 411 g/mol. The third-order valence-corrected chi connectivity index (χ3v) is 5.64. The van der Waals surface area contributed by atoms with Crippen LogP contribution in [0.1, 0.15) is 13.8 Å². The number of rotatable bonds is 8. The van der Waals surface area contributed by atoms with Crippen molar-refractivity contribution in [3.63, 3.8) is 0 Å². The zero-order valence-corrected chi connectivity index (χ0v) is 17.6. The number of anilines is 2. The smallest absolute Gasteiger partial charge is 0.293 e. The van der Waals surface area contributed by atoms with Gasteiger partial charge in [0.05, 0.1) is 47.8 Å². The highest BCUT2D eigenvalue weighted by molar-refractivity contribution is 6.13. The third-order valence-electron chi connectivity index (χ3n) is 5.64. The van der Waals surface area contributed by atoms with Crippen molar-refractivity contribution < 1.29 is 14.4 Å². The van der Waals surface area contributed by atoms with Crippen molar-refractivity contribution in [2.24, 2.45) is 0 Å². The van der Waals surface area contributed by atoms with Crippen molar-refractivity contribution in [2.75, 3.05) is 39.2 Å². The Kier molecular flexibility index (Phi) is 5.21. The Morgan fingerprint density at radius 2 is 1.97 bits per heavy atom. The molecule has 1 aromatic heterocycles. The molecule has 1 aliphatic heterocycles. The quantitative estimate of drug-likeness (QED) is 0.345. The van der Waals surface area contributed by atoms with E-state index in [1.54, 1.807) is 32.4 Å². The van der Waals surface area contributed by atoms with Gasteiger partial charge < -0.3 is 19.7 Å². The second kappa shape index (κ2) is 7.83. The maximum absolute atomic E-state index is 11.7. The molecule has 0 fully saturated rings. The van der Waals surface area contributed by atoms with Crippen LogP contribution in [0.25, 0.3) is 22.2 Å². The summed E-state index contributed by atoms with van der Waals surface area (Å²) in [6.07, 6.45) is 0. The molecule has 9 heteroatoms. The molecule has 2 aromatic carbocycles. The highest BCUT2D eigenvalue weighted by Crippen LogP contribution is 2.51. The molecule has 3 aromatic rings. The molecule has 2 heterocycles. The number of hydrogen-bond acceptors (Lipinski definition) is 7. The molecule has 0 aliphatic carbocycles. The Morgan fingerprint density at radius 1 is 1.20 bits per heavy atom. The van der Waals surface area contributed by atoms with Crippen LogP contribution in [0.15, 0.2) is 24.3 Å². The second-order valence-corrected chi connectivity index (χ2v) is 7.09. The molecule has 9 nitrogen and oxygen atoms in total. The highest BCUT2D eigenvalue weighted by Gasteiger charge is 2.31. The first-order valence-electron chi connectivity index (χ1n) is 9.96. The van der Waals surface area contributed by atoms with Gasteiger partial charge in [0.2, 0.25) is 0 Å². The van der Waals surface area contributed by atoms with Gasteiger partial charge in [0, 0.05) is 24.7 Å². The van der Waals surface area contributed by atoms with Crippen molar-refractivity contribution in [3.8, 4) is 22.8 Å². The molecule has 1 N–H and O–H groups in total. The van der Waals surface area contributed by atoms with Gasteiger partial charge in [0.1, 0.15) is 22.9 Å². The van der Waals surface area contributed by atoms with Gasteiger partial charge >= 0.3 is 0 Å². The van der Waals surface area contributed by atoms with Gasteiger partial charge in [-0.2, -0.15) is 5.10 Å². The van der Waals surface area contributed by atoms with Crippen LogP contribution in [0.5, 0.6) is 11.5 Å². The first-order valence-corrected chi connectivity index (χ1v) is 9.96. The largest absolute Gasteiger partial charge is 0.497 e. The summed E-state index contributed by atoms with van der Waals surface area (Å²) in [6, 6.07) is 6.91. The van der Waals surface area contributed by atoms with Gasteiger partial charge in [0.25, 0.3) is 5.69 Å². The van der Waals surface area contributed by atoms with E-state index in [0.29, 0.717) is 35.1 Å². The number of benzene rings is 2. The molecule has 158 valence electrons. The number of nitrogens with zero attached hydrogens (tertiary/aromatic N) is 4. The summed E-state index contributed by atoms with van der Waals surface area (Å²) in [6.45, 7) is 7.70. The number of nitrogens with one attached hydrogen (secondary N) is 1. The number of nitro groups is 1. The normalized spacial score (nSPS) is 12.0. The van der Waals surface area contributed by atoms with Crippen molar-refractivity contribution in [1.29, 1.82) is 0 Å². The first-order chi connectivity index (χ1) is 14.5. The second-order valence-electron chi connectivity index (χ2n) is 7.09.